The molecule has 1 atom stereocenters. The van der Waals surface area contributed by atoms with Gasteiger partial charge in [0.1, 0.15) is 18.5 Å². The molecule has 0 saturated heterocycles. The number of anilines is 1. The molecule has 5 heteroatoms. The molecule has 138 valence electrons. The largest absolute Gasteiger partial charge is 0.491 e. The number of carbonyl (C=O) groups is 1. The number of para-hydroxylation sites is 1. The number of nitrogens with zero attached hydrogens (tertiary/aromatic N) is 1. The number of carbonyl (C=O) groups excluding carboxylic acids is 1. The minimum atomic E-state index is -0.169. The van der Waals surface area contributed by atoms with Gasteiger partial charge in [0.15, 0.2) is 0 Å². The second-order valence-corrected chi connectivity index (χ2v) is 6.35. The molecule has 2 aromatic carbocycles. The second kappa shape index (κ2) is 8.72. The van der Waals surface area contributed by atoms with Crippen molar-refractivity contribution in [2.24, 2.45) is 0 Å². The van der Waals surface area contributed by atoms with Gasteiger partial charge in [-0.2, -0.15) is 0 Å². The zero-order valence-electron chi connectivity index (χ0n) is 15.4. The molecule has 3 rings (SSSR count). The van der Waals surface area contributed by atoms with Gasteiger partial charge in [-0.05, 0) is 36.2 Å². The molecule has 1 heterocycles. The van der Waals surface area contributed by atoms with Crippen molar-refractivity contribution in [3.05, 3.63) is 59.7 Å². The summed E-state index contributed by atoms with van der Waals surface area (Å²) < 4.78 is 10.6. The highest BCUT2D eigenvalue weighted by atomic mass is 16.5. The average Bonchev–Trinajstić information content (AvgIpc) is 2.68. The van der Waals surface area contributed by atoms with Crippen LogP contribution in [0.5, 0.6) is 5.75 Å². The first-order chi connectivity index (χ1) is 12.7. The Labute approximate surface area is 154 Å². The molecule has 1 aliphatic rings. The minimum absolute atomic E-state index is 0.0817. The van der Waals surface area contributed by atoms with Crippen LogP contribution in [-0.2, 0) is 4.74 Å². The van der Waals surface area contributed by atoms with Crippen LogP contribution in [-0.4, -0.2) is 37.7 Å². The predicted octanol–water partition coefficient (Wildman–Crippen LogP) is 4.08. The lowest BCUT2D eigenvalue weighted by Gasteiger charge is -2.38. The smallest absolute Gasteiger partial charge is 0.257 e. The first-order valence-corrected chi connectivity index (χ1v) is 9.13. The lowest BCUT2D eigenvalue weighted by atomic mass is 10.0. The fraction of sp³-hybridized carbons (Fsp3) is 0.381. The third kappa shape index (κ3) is 3.99. The van der Waals surface area contributed by atoms with Crippen molar-refractivity contribution >= 4 is 11.6 Å². The Morgan fingerprint density at radius 2 is 1.85 bits per heavy atom. The van der Waals surface area contributed by atoms with Gasteiger partial charge in [-0.25, -0.2) is 0 Å². The van der Waals surface area contributed by atoms with Gasteiger partial charge in [0.2, 0.25) is 0 Å². The number of ether oxygens (including phenoxy) is 2. The van der Waals surface area contributed by atoms with Gasteiger partial charge in [-0.15, -0.1) is 0 Å². The van der Waals surface area contributed by atoms with Crippen molar-refractivity contribution in [1.82, 2.24) is 4.90 Å². The first kappa shape index (κ1) is 18.3. The summed E-state index contributed by atoms with van der Waals surface area (Å²) >= 11 is 0. The summed E-state index contributed by atoms with van der Waals surface area (Å²) in [7, 11) is 1.65. The maximum absolute atomic E-state index is 13.0. The second-order valence-electron chi connectivity index (χ2n) is 6.35. The van der Waals surface area contributed by atoms with Gasteiger partial charge in [0.05, 0.1) is 12.2 Å². The van der Waals surface area contributed by atoms with Crippen molar-refractivity contribution in [2.45, 2.75) is 25.9 Å². The molecular formula is C21H26N2O3. The fourth-order valence-electron chi connectivity index (χ4n) is 3.10. The zero-order valence-corrected chi connectivity index (χ0v) is 15.4. The van der Waals surface area contributed by atoms with Crippen LogP contribution in [0.25, 0.3) is 0 Å². The maximum atomic E-state index is 13.0. The molecule has 0 bridgehead atoms. The highest BCUT2D eigenvalue weighted by molar-refractivity contribution is 6.01. The molecule has 0 spiro atoms. The van der Waals surface area contributed by atoms with E-state index in [4.69, 9.17) is 9.47 Å². The molecule has 1 N–H and O–H groups in total. The normalized spacial score (nSPS) is 16.2. The third-order valence-corrected chi connectivity index (χ3v) is 4.53. The van der Waals surface area contributed by atoms with E-state index in [0.29, 0.717) is 13.2 Å². The third-order valence-electron chi connectivity index (χ3n) is 4.53. The van der Waals surface area contributed by atoms with Gasteiger partial charge in [-0.1, -0.05) is 37.6 Å². The van der Waals surface area contributed by atoms with E-state index in [1.807, 2.05) is 53.4 Å². The Morgan fingerprint density at radius 3 is 2.58 bits per heavy atom. The SMILES string of the molecule is CCCCN1C(=O)c2ccccc2NC1c1ccc(OCCOC)cc1. The van der Waals surface area contributed by atoms with E-state index in [1.54, 1.807) is 7.11 Å². The molecule has 0 fully saturated rings. The van der Waals surface area contributed by atoms with Crippen LogP contribution in [0.1, 0.15) is 41.9 Å². The number of hydrogen-bond acceptors (Lipinski definition) is 4. The number of methoxy groups -OCH3 is 1. The van der Waals surface area contributed by atoms with E-state index in [1.165, 1.54) is 0 Å². The van der Waals surface area contributed by atoms with Crippen LogP contribution in [0.4, 0.5) is 5.69 Å². The summed E-state index contributed by atoms with van der Waals surface area (Å²) in [5, 5.41) is 3.52. The Morgan fingerprint density at radius 1 is 1.08 bits per heavy atom. The molecule has 0 radical (unpaired) electrons. The average molecular weight is 354 g/mol. The summed E-state index contributed by atoms with van der Waals surface area (Å²) in [6.07, 6.45) is 1.85. The monoisotopic (exact) mass is 354 g/mol. The van der Waals surface area contributed by atoms with E-state index < -0.39 is 0 Å². The Hall–Kier alpha value is -2.53. The van der Waals surface area contributed by atoms with Crippen molar-refractivity contribution in [1.29, 1.82) is 0 Å². The number of amides is 1. The molecule has 0 aromatic heterocycles. The Balaban J connectivity index is 1.82. The van der Waals surface area contributed by atoms with Gasteiger partial charge in [-0.3, -0.25) is 4.79 Å². The lowest BCUT2D eigenvalue weighted by molar-refractivity contribution is 0.0680. The summed E-state index contributed by atoms with van der Waals surface area (Å²) in [6, 6.07) is 15.6. The molecule has 1 aliphatic heterocycles. The van der Waals surface area contributed by atoms with Gasteiger partial charge in [0.25, 0.3) is 5.91 Å². The van der Waals surface area contributed by atoms with Crippen molar-refractivity contribution in [2.75, 3.05) is 32.2 Å². The molecule has 1 unspecified atom stereocenters. The number of hydrogen-bond donors (Lipinski definition) is 1. The van der Waals surface area contributed by atoms with Gasteiger partial charge < -0.3 is 19.7 Å². The van der Waals surface area contributed by atoms with Crippen molar-refractivity contribution < 1.29 is 14.3 Å². The first-order valence-electron chi connectivity index (χ1n) is 9.13. The van der Waals surface area contributed by atoms with Crippen LogP contribution in [0, 0.1) is 0 Å². The van der Waals surface area contributed by atoms with E-state index in [-0.39, 0.29) is 12.1 Å². The highest BCUT2D eigenvalue weighted by Crippen LogP contribution is 2.33. The van der Waals surface area contributed by atoms with Crippen molar-refractivity contribution in [3.63, 3.8) is 0 Å². The zero-order chi connectivity index (χ0) is 18.4. The molecule has 5 nitrogen and oxygen atoms in total. The molecule has 26 heavy (non-hydrogen) atoms. The van der Waals surface area contributed by atoms with Crippen LogP contribution in [0.15, 0.2) is 48.5 Å². The number of nitrogens with one attached hydrogen (secondary N) is 1. The van der Waals surface area contributed by atoms with Crippen LogP contribution >= 0.6 is 0 Å². The number of benzene rings is 2. The Kier molecular flexibility index (Phi) is 6.12. The predicted molar refractivity (Wildman–Crippen MR) is 103 cm³/mol. The minimum Gasteiger partial charge on any atom is -0.491 e. The van der Waals surface area contributed by atoms with E-state index in [2.05, 4.69) is 12.2 Å². The van der Waals surface area contributed by atoms with Crippen molar-refractivity contribution in [3.8, 4) is 5.75 Å². The molecule has 1 amide bonds. The lowest BCUT2D eigenvalue weighted by Crippen LogP contribution is -2.43. The Bertz CT molecular complexity index is 730. The topological polar surface area (TPSA) is 50.8 Å². The quantitative estimate of drug-likeness (QED) is 0.726. The van der Waals surface area contributed by atoms with Gasteiger partial charge >= 0.3 is 0 Å². The standard InChI is InChI=1S/C21H26N2O3/c1-3-4-13-23-20(22-19-8-6-5-7-18(19)21(23)24)16-9-11-17(12-10-16)26-15-14-25-2/h5-12,20,22H,3-4,13-15H2,1-2H3. The summed E-state index contributed by atoms with van der Waals surface area (Å²) in [4.78, 5) is 14.9. The van der Waals surface area contributed by atoms with E-state index >= 15 is 0 Å². The van der Waals surface area contributed by atoms with E-state index in [9.17, 15) is 4.79 Å². The number of fused-ring (bicyclic) bond motifs is 1. The van der Waals surface area contributed by atoms with Crippen LogP contribution in [0.2, 0.25) is 0 Å². The fourth-order valence-corrected chi connectivity index (χ4v) is 3.10. The number of unbranched alkanes of at least 4 members (excludes halogenated alkanes) is 1. The molecule has 0 aliphatic carbocycles. The molecule has 2 aromatic rings. The van der Waals surface area contributed by atoms with Gasteiger partial charge in [0, 0.05) is 19.3 Å². The molecule has 0 saturated carbocycles. The maximum Gasteiger partial charge on any atom is 0.257 e. The van der Waals surface area contributed by atoms with Crippen LogP contribution in [0.3, 0.4) is 0 Å². The summed E-state index contributed by atoms with van der Waals surface area (Å²) in [6.45, 7) is 3.94. The van der Waals surface area contributed by atoms with Crippen LogP contribution < -0.4 is 10.1 Å². The van der Waals surface area contributed by atoms with E-state index in [0.717, 1.165) is 42.0 Å². The summed E-state index contributed by atoms with van der Waals surface area (Å²) in [5.41, 5.74) is 2.66. The highest BCUT2D eigenvalue weighted by Gasteiger charge is 2.32. The molecular weight excluding hydrogens is 328 g/mol. The summed E-state index contributed by atoms with van der Waals surface area (Å²) in [5.74, 6) is 0.881. The number of rotatable bonds is 8.